The Bertz CT molecular complexity index is 256. The minimum atomic E-state index is -0.627. The molecule has 0 radical (unpaired) electrons. The Labute approximate surface area is 103 Å². The lowest BCUT2D eigenvalue weighted by molar-refractivity contribution is -0.148. The van der Waals surface area contributed by atoms with Crippen molar-refractivity contribution in [3.8, 4) is 0 Å². The molecular formula is C12H24N2O3. The fraction of sp³-hybridized carbons (Fsp3) is 0.917. The van der Waals surface area contributed by atoms with Gasteiger partial charge < -0.3 is 14.4 Å². The van der Waals surface area contributed by atoms with Gasteiger partial charge in [0, 0.05) is 26.2 Å². The van der Waals surface area contributed by atoms with E-state index < -0.39 is 5.54 Å². The van der Waals surface area contributed by atoms with Crippen LogP contribution in [0, 0.1) is 0 Å². The molecule has 1 fully saturated rings. The zero-order chi connectivity index (χ0) is 12.9. The maximum Gasteiger partial charge on any atom is 0.327 e. The van der Waals surface area contributed by atoms with Crippen molar-refractivity contribution in [2.75, 3.05) is 41.0 Å². The van der Waals surface area contributed by atoms with Gasteiger partial charge in [0.25, 0.3) is 0 Å². The molecule has 0 heterocycles. The van der Waals surface area contributed by atoms with E-state index in [1.54, 1.807) is 7.11 Å². The summed E-state index contributed by atoms with van der Waals surface area (Å²) >= 11 is 0. The number of hydrogen-bond donors (Lipinski definition) is 1. The molecule has 0 bridgehead atoms. The Morgan fingerprint density at radius 2 is 2.12 bits per heavy atom. The maximum atomic E-state index is 11.9. The Balaban J connectivity index is 2.52. The fourth-order valence-electron chi connectivity index (χ4n) is 1.94. The van der Waals surface area contributed by atoms with Crippen molar-refractivity contribution in [3.63, 3.8) is 0 Å². The Morgan fingerprint density at radius 1 is 1.47 bits per heavy atom. The van der Waals surface area contributed by atoms with Crippen LogP contribution in [0.1, 0.15) is 19.8 Å². The molecule has 1 atom stereocenters. The van der Waals surface area contributed by atoms with Gasteiger partial charge in [-0.15, -0.1) is 0 Å². The largest absolute Gasteiger partial charge is 0.468 e. The number of likely N-dealkylation sites (N-methyl/N-ethyl adjacent to an activating group) is 1. The van der Waals surface area contributed by atoms with E-state index in [1.807, 2.05) is 14.0 Å². The van der Waals surface area contributed by atoms with Gasteiger partial charge in [0.1, 0.15) is 5.54 Å². The van der Waals surface area contributed by atoms with Crippen molar-refractivity contribution in [2.45, 2.75) is 31.3 Å². The van der Waals surface area contributed by atoms with Crippen LogP contribution in [0.5, 0.6) is 0 Å². The molecule has 17 heavy (non-hydrogen) atoms. The summed E-state index contributed by atoms with van der Waals surface area (Å²) in [4.78, 5) is 13.9. The van der Waals surface area contributed by atoms with Crippen LogP contribution < -0.4 is 5.32 Å². The second-order valence-corrected chi connectivity index (χ2v) is 4.97. The third kappa shape index (κ3) is 4.61. The van der Waals surface area contributed by atoms with E-state index in [2.05, 4.69) is 10.2 Å². The number of nitrogens with zero attached hydrogens (tertiary/aromatic N) is 1. The quantitative estimate of drug-likeness (QED) is 0.620. The zero-order valence-corrected chi connectivity index (χ0v) is 11.3. The number of carbonyl (C=O) groups is 1. The molecule has 5 nitrogen and oxygen atoms in total. The molecule has 0 aromatic heterocycles. The van der Waals surface area contributed by atoms with Gasteiger partial charge in [-0.1, -0.05) is 0 Å². The van der Waals surface area contributed by atoms with Crippen LogP contribution in [0.2, 0.25) is 0 Å². The second kappa shape index (κ2) is 6.33. The molecule has 1 unspecified atom stereocenters. The van der Waals surface area contributed by atoms with Crippen molar-refractivity contribution >= 4 is 5.97 Å². The number of esters is 1. The Hall–Kier alpha value is -0.650. The molecule has 0 aliphatic heterocycles. The predicted molar refractivity (Wildman–Crippen MR) is 66.0 cm³/mol. The molecule has 0 aromatic carbocycles. The molecular weight excluding hydrogens is 220 g/mol. The second-order valence-electron chi connectivity index (χ2n) is 4.97. The molecule has 0 spiro atoms. The van der Waals surface area contributed by atoms with E-state index in [-0.39, 0.29) is 5.97 Å². The van der Waals surface area contributed by atoms with Gasteiger partial charge in [-0.05, 0) is 26.8 Å². The predicted octanol–water partition coefficient (Wildman–Crippen LogP) is 0.248. The molecule has 100 valence electrons. The van der Waals surface area contributed by atoms with Crippen LogP contribution in [0.15, 0.2) is 0 Å². The van der Waals surface area contributed by atoms with E-state index >= 15 is 0 Å². The van der Waals surface area contributed by atoms with E-state index in [1.165, 1.54) is 7.11 Å². The fourth-order valence-corrected chi connectivity index (χ4v) is 1.94. The van der Waals surface area contributed by atoms with Crippen LogP contribution in [-0.4, -0.2) is 63.4 Å². The third-order valence-corrected chi connectivity index (χ3v) is 3.00. The standard InChI is InChI=1S/C12H24N2O3/c1-12(11(15)17-4,13-10-5-6-10)9-14(2)7-8-16-3/h10,13H,5-9H2,1-4H3. The summed E-state index contributed by atoms with van der Waals surface area (Å²) in [7, 11) is 5.09. The summed E-state index contributed by atoms with van der Waals surface area (Å²) in [5, 5.41) is 3.37. The molecule has 0 amide bonds. The summed E-state index contributed by atoms with van der Waals surface area (Å²) in [6, 6.07) is 0.468. The first-order chi connectivity index (χ1) is 8.01. The van der Waals surface area contributed by atoms with E-state index in [0.717, 1.165) is 19.4 Å². The van der Waals surface area contributed by atoms with Gasteiger partial charge in [0.2, 0.25) is 0 Å². The van der Waals surface area contributed by atoms with Gasteiger partial charge in [-0.25, -0.2) is 0 Å². The topological polar surface area (TPSA) is 50.8 Å². The highest BCUT2D eigenvalue weighted by Gasteiger charge is 2.40. The average Bonchev–Trinajstić information content (AvgIpc) is 3.08. The Morgan fingerprint density at radius 3 is 2.59 bits per heavy atom. The normalized spacial score (nSPS) is 19.1. The lowest BCUT2D eigenvalue weighted by Crippen LogP contribution is -2.57. The van der Waals surface area contributed by atoms with Crippen LogP contribution >= 0.6 is 0 Å². The number of rotatable bonds is 8. The first kappa shape index (κ1) is 14.4. The highest BCUT2D eigenvalue weighted by atomic mass is 16.5. The molecule has 1 aliphatic carbocycles. The van der Waals surface area contributed by atoms with Crippen molar-refractivity contribution in [3.05, 3.63) is 0 Å². The minimum absolute atomic E-state index is 0.200. The summed E-state index contributed by atoms with van der Waals surface area (Å²) in [6.07, 6.45) is 2.29. The Kier molecular flexibility index (Phi) is 5.36. The molecule has 1 rings (SSSR count). The van der Waals surface area contributed by atoms with Crippen LogP contribution in [-0.2, 0) is 14.3 Å². The smallest absolute Gasteiger partial charge is 0.327 e. The monoisotopic (exact) mass is 244 g/mol. The van der Waals surface area contributed by atoms with Crippen molar-refractivity contribution in [1.29, 1.82) is 0 Å². The first-order valence-electron chi connectivity index (χ1n) is 6.05. The number of methoxy groups -OCH3 is 2. The SMILES string of the molecule is COCCN(C)CC(C)(NC1CC1)C(=O)OC. The summed E-state index contributed by atoms with van der Waals surface area (Å²) < 4.78 is 9.92. The lowest BCUT2D eigenvalue weighted by atomic mass is 10.0. The van der Waals surface area contributed by atoms with E-state index in [9.17, 15) is 4.79 Å². The number of hydrogen-bond acceptors (Lipinski definition) is 5. The van der Waals surface area contributed by atoms with Crippen molar-refractivity contribution in [1.82, 2.24) is 10.2 Å². The molecule has 1 aliphatic rings. The third-order valence-electron chi connectivity index (χ3n) is 3.00. The summed E-state index contributed by atoms with van der Waals surface area (Å²) in [5.74, 6) is -0.200. The van der Waals surface area contributed by atoms with Crippen LogP contribution in [0.4, 0.5) is 0 Å². The number of nitrogens with one attached hydrogen (secondary N) is 1. The summed E-state index contributed by atoms with van der Waals surface area (Å²) in [6.45, 7) is 3.99. The summed E-state index contributed by atoms with van der Waals surface area (Å²) in [5.41, 5.74) is -0.627. The molecule has 5 heteroatoms. The molecule has 0 aromatic rings. The zero-order valence-electron chi connectivity index (χ0n) is 11.3. The van der Waals surface area contributed by atoms with E-state index in [0.29, 0.717) is 19.2 Å². The average molecular weight is 244 g/mol. The van der Waals surface area contributed by atoms with Gasteiger partial charge in [0.05, 0.1) is 13.7 Å². The highest BCUT2D eigenvalue weighted by Crippen LogP contribution is 2.23. The molecule has 1 N–H and O–H groups in total. The lowest BCUT2D eigenvalue weighted by Gasteiger charge is -2.32. The van der Waals surface area contributed by atoms with Crippen LogP contribution in [0.3, 0.4) is 0 Å². The highest BCUT2D eigenvalue weighted by molar-refractivity contribution is 5.80. The first-order valence-corrected chi connectivity index (χ1v) is 6.05. The number of carbonyl (C=O) groups excluding carboxylic acids is 1. The van der Waals surface area contributed by atoms with E-state index in [4.69, 9.17) is 9.47 Å². The maximum absolute atomic E-state index is 11.9. The molecule has 0 saturated heterocycles. The van der Waals surface area contributed by atoms with Crippen LogP contribution in [0.25, 0.3) is 0 Å². The number of ether oxygens (including phenoxy) is 2. The van der Waals surface area contributed by atoms with Crippen molar-refractivity contribution in [2.24, 2.45) is 0 Å². The van der Waals surface area contributed by atoms with Gasteiger partial charge in [0.15, 0.2) is 0 Å². The minimum Gasteiger partial charge on any atom is -0.468 e. The van der Waals surface area contributed by atoms with Crippen molar-refractivity contribution < 1.29 is 14.3 Å². The molecule has 1 saturated carbocycles. The van der Waals surface area contributed by atoms with Gasteiger partial charge >= 0.3 is 5.97 Å². The van der Waals surface area contributed by atoms with Gasteiger partial charge in [-0.3, -0.25) is 10.1 Å². The van der Waals surface area contributed by atoms with Gasteiger partial charge in [-0.2, -0.15) is 0 Å².